The number of hydrogen-bond donors (Lipinski definition) is 1. The van der Waals surface area contributed by atoms with Crippen molar-refractivity contribution in [2.75, 3.05) is 19.9 Å². The summed E-state index contributed by atoms with van der Waals surface area (Å²) in [6, 6.07) is 13.4. The van der Waals surface area contributed by atoms with Crippen LogP contribution >= 0.6 is 11.8 Å². The number of aryl methyl sites for hydroxylation is 1. The van der Waals surface area contributed by atoms with Gasteiger partial charge in [0.25, 0.3) is 0 Å². The van der Waals surface area contributed by atoms with Gasteiger partial charge < -0.3 is 10.1 Å². The zero-order valence-electron chi connectivity index (χ0n) is 12.5. The molecule has 1 atom stereocenters. The highest BCUT2D eigenvalue weighted by Crippen LogP contribution is 2.30. The van der Waals surface area contributed by atoms with Crippen LogP contribution in [0.5, 0.6) is 5.75 Å². The highest BCUT2D eigenvalue weighted by molar-refractivity contribution is 7.99. The molecule has 1 unspecified atom stereocenters. The Morgan fingerprint density at radius 3 is 2.62 bits per heavy atom. The van der Waals surface area contributed by atoms with Gasteiger partial charge in [-0.1, -0.05) is 30.3 Å². The predicted molar refractivity (Wildman–Crippen MR) is 86.7 cm³/mol. The number of rotatable bonds is 6. The van der Waals surface area contributed by atoms with Crippen LogP contribution in [0.4, 0.5) is 4.39 Å². The molecule has 2 aromatic carbocycles. The number of hydrogen-bond acceptors (Lipinski definition) is 3. The first-order valence-corrected chi connectivity index (χ1v) is 7.84. The normalized spacial score (nSPS) is 12.2. The molecule has 0 heterocycles. The Labute approximate surface area is 129 Å². The lowest BCUT2D eigenvalue weighted by Gasteiger charge is -2.18. The molecule has 0 aromatic heterocycles. The lowest BCUT2D eigenvalue weighted by molar-refractivity contribution is 0.381. The molecule has 0 aliphatic carbocycles. The molecular formula is C17H20FNOS. The third kappa shape index (κ3) is 3.77. The van der Waals surface area contributed by atoms with Crippen molar-refractivity contribution in [1.82, 2.24) is 5.32 Å². The van der Waals surface area contributed by atoms with Crippen LogP contribution in [-0.2, 0) is 0 Å². The third-order valence-corrected chi connectivity index (χ3v) is 4.71. The molecule has 112 valence electrons. The van der Waals surface area contributed by atoms with E-state index in [1.807, 2.05) is 25.2 Å². The zero-order chi connectivity index (χ0) is 15.2. The molecule has 0 bridgehead atoms. The Bertz CT molecular complexity index is 603. The first-order valence-electron chi connectivity index (χ1n) is 6.85. The molecule has 0 saturated carbocycles. The molecule has 2 rings (SSSR count). The van der Waals surface area contributed by atoms with Gasteiger partial charge in [-0.25, -0.2) is 4.39 Å². The second-order valence-electron chi connectivity index (χ2n) is 4.78. The standard InChI is InChI=1S/C17H20FNOS/c1-12-7-4-5-10-16(12)21-11-14(19-2)13-8-6-9-15(20-3)17(13)18/h4-10,14,19H,11H2,1-3H3. The Morgan fingerprint density at radius 1 is 1.19 bits per heavy atom. The summed E-state index contributed by atoms with van der Waals surface area (Å²) in [5, 5.41) is 3.18. The summed E-state index contributed by atoms with van der Waals surface area (Å²) in [7, 11) is 3.33. The minimum atomic E-state index is -0.287. The fourth-order valence-electron chi connectivity index (χ4n) is 2.17. The fraction of sp³-hybridized carbons (Fsp3) is 0.294. The number of benzene rings is 2. The Balaban J connectivity index is 2.16. The zero-order valence-corrected chi connectivity index (χ0v) is 13.3. The van der Waals surface area contributed by atoms with E-state index in [1.54, 1.807) is 23.9 Å². The quantitative estimate of drug-likeness (QED) is 0.808. The van der Waals surface area contributed by atoms with E-state index in [9.17, 15) is 4.39 Å². The second kappa shape index (κ2) is 7.48. The molecule has 2 aromatic rings. The van der Waals surface area contributed by atoms with Crippen molar-refractivity contribution in [2.45, 2.75) is 17.9 Å². The van der Waals surface area contributed by atoms with Crippen LogP contribution in [0.3, 0.4) is 0 Å². The lowest BCUT2D eigenvalue weighted by Crippen LogP contribution is -2.20. The van der Waals surface area contributed by atoms with Gasteiger partial charge in [0.2, 0.25) is 0 Å². The highest BCUT2D eigenvalue weighted by Gasteiger charge is 2.17. The van der Waals surface area contributed by atoms with Gasteiger partial charge in [0.1, 0.15) is 0 Å². The number of nitrogens with one attached hydrogen (secondary N) is 1. The maximum atomic E-state index is 14.3. The highest BCUT2D eigenvalue weighted by atomic mass is 32.2. The molecular weight excluding hydrogens is 285 g/mol. The Kier molecular flexibility index (Phi) is 5.65. The van der Waals surface area contributed by atoms with Crippen LogP contribution in [0.25, 0.3) is 0 Å². The Morgan fingerprint density at radius 2 is 1.95 bits per heavy atom. The average molecular weight is 305 g/mol. The number of thioether (sulfide) groups is 1. The van der Waals surface area contributed by atoms with Crippen molar-refractivity contribution in [2.24, 2.45) is 0 Å². The molecule has 0 radical (unpaired) electrons. The molecule has 2 nitrogen and oxygen atoms in total. The van der Waals surface area contributed by atoms with Crippen LogP contribution in [0.1, 0.15) is 17.2 Å². The Hall–Kier alpha value is -1.52. The summed E-state index contributed by atoms with van der Waals surface area (Å²) in [5.74, 6) is 0.754. The van der Waals surface area contributed by atoms with Crippen LogP contribution in [0, 0.1) is 12.7 Å². The smallest absolute Gasteiger partial charge is 0.169 e. The molecule has 21 heavy (non-hydrogen) atoms. The maximum absolute atomic E-state index is 14.3. The first-order chi connectivity index (χ1) is 10.2. The minimum absolute atomic E-state index is 0.0651. The van der Waals surface area contributed by atoms with Crippen molar-refractivity contribution in [3.8, 4) is 5.75 Å². The topological polar surface area (TPSA) is 21.3 Å². The van der Waals surface area contributed by atoms with Gasteiger partial charge in [0.15, 0.2) is 11.6 Å². The molecule has 0 spiro atoms. The van der Waals surface area contributed by atoms with E-state index in [0.717, 1.165) is 5.75 Å². The van der Waals surface area contributed by atoms with E-state index in [4.69, 9.17) is 4.74 Å². The summed E-state index contributed by atoms with van der Waals surface area (Å²) in [6.45, 7) is 2.09. The molecule has 4 heteroatoms. The van der Waals surface area contributed by atoms with Crippen LogP contribution in [0.2, 0.25) is 0 Å². The van der Waals surface area contributed by atoms with Crippen molar-refractivity contribution >= 4 is 11.8 Å². The maximum Gasteiger partial charge on any atom is 0.169 e. The summed E-state index contributed by atoms with van der Waals surface area (Å²) in [6.07, 6.45) is 0. The van der Waals surface area contributed by atoms with Crippen LogP contribution < -0.4 is 10.1 Å². The fourth-order valence-corrected chi connectivity index (χ4v) is 3.34. The van der Waals surface area contributed by atoms with E-state index >= 15 is 0 Å². The van der Waals surface area contributed by atoms with Crippen LogP contribution in [0.15, 0.2) is 47.4 Å². The number of methoxy groups -OCH3 is 1. The van der Waals surface area contributed by atoms with Crippen LogP contribution in [-0.4, -0.2) is 19.9 Å². The predicted octanol–water partition coefficient (Wildman–Crippen LogP) is 4.20. The summed E-state index contributed by atoms with van der Waals surface area (Å²) in [4.78, 5) is 1.22. The van der Waals surface area contributed by atoms with Crippen molar-refractivity contribution in [3.63, 3.8) is 0 Å². The molecule has 1 N–H and O–H groups in total. The largest absolute Gasteiger partial charge is 0.494 e. The van der Waals surface area contributed by atoms with Crippen molar-refractivity contribution in [3.05, 3.63) is 59.4 Å². The van der Waals surface area contributed by atoms with E-state index in [0.29, 0.717) is 5.56 Å². The molecule has 0 saturated heterocycles. The molecule has 0 amide bonds. The van der Waals surface area contributed by atoms with E-state index in [1.165, 1.54) is 17.6 Å². The summed E-state index contributed by atoms with van der Waals surface area (Å²) < 4.78 is 19.4. The number of ether oxygens (including phenoxy) is 1. The minimum Gasteiger partial charge on any atom is -0.494 e. The first kappa shape index (κ1) is 15.9. The van der Waals surface area contributed by atoms with Gasteiger partial charge in [-0.2, -0.15) is 0 Å². The third-order valence-electron chi connectivity index (χ3n) is 3.44. The summed E-state index contributed by atoms with van der Waals surface area (Å²) >= 11 is 1.73. The van der Waals surface area contributed by atoms with Gasteiger partial charge in [0.05, 0.1) is 7.11 Å². The molecule has 0 aliphatic heterocycles. The van der Waals surface area contributed by atoms with E-state index in [-0.39, 0.29) is 17.6 Å². The van der Waals surface area contributed by atoms with Crippen molar-refractivity contribution in [1.29, 1.82) is 0 Å². The lowest BCUT2D eigenvalue weighted by atomic mass is 10.1. The molecule has 0 aliphatic rings. The van der Waals surface area contributed by atoms with Gasteiger partial charge >= 0.3 is 0 Å². The van der Waals surface area contributed by atoms with Crippen molar-refractivity contribution < 1.29 is 9.13 Å². The SMILES string of the molecule is CNC(CSc1ccccc1C)c1cccc(OC)c1F. The van der Waals surface area contributed by atoms with Gasteiger partial charge in [-0.15, -0.1) is 11.8 Å². The van der Waals surface area contributed by atoms with Gasteiger partial charge in [-0.3, -0.25) is 0 Å². The summed E-state index contributed by atoms with van der Waals surface area (Å²) in [5.41, 5.74) is 1.88. The van der Waals surface area contributed by atoms with E-state index < -0.39 is 0 Å². The van der Waals surface area contributed by atoms with Gasteiger partial charge in [0, 0.05) is 22.3 Å². The van der Waals surface area contributed by atoms with E-state index in [2.05, 4.69) is 24.4 Å². The average Bonchev–Trinajstić information content (AvgIpc) is 2.51. The monoisotopic (exact) mass is 305 g/mol. The van der Waals surface area contributed by atoms with Gasteiger partial charge in [-0.05, 0) is 31.7 Å². The second-order valence-corrected chi connectivity index (χ2v) is 5.84. The molecule has 0 fully saturated rings. The number of halogens is 1.